The molecule has 7 heteroatoms. The first-order valence-corrected chi connectivity index (χ1v) is 8.30. The molecule has 0 aliphatic carbocycles. The normalized spacial score (nSPS) is 10.8. The highest BCUT2D eigenvalue weighted by Crippen LogP contribution is 2.23. The van der Waals surface area contributed by atoms with E-state index in [2.05, 4.69) is 20.4 Å². The number of aromatic nitrogens is 4. The van der Waals surface area contributed by atoms with Gasteiger partial charge in [0.1, 0.15) is 5.75 Å². The molecule has 26 heavy (non-hydrogen) atoms. The van der Waals surface area contributed by atoms with Gasteiger partial charge in [0.25, 0.3) is 5.95 Å². The van der Waals surface area contributed by atoms with E-state index in [4.69, 9.17) is 0 Å². The molecule has 1 amide bonds. The van der Waals surface area contributed by atoms with E-state index in [0.717, 1.165) is 28.3 Å². The van der Waals surface area contributed by atoms with Crippen LogP contribution in [0.25, 0.3) is 5.95 Å². The van der Waals surface area contributed by atoms with Crippen molar-refractivity contribution in [2.45, 2.75) is 34.1 Å². The van der Waals surface area contributed by atoms with Gasteiger partial charge in [-0.15, -0.1) is 0 Å². The van der Waals surface area contributed by atoms with Crippen LogP contribution in [0.5, 0.6) is 5.75 Å². The molecule has 2 N–H and O–H groups in total. The van der Waals surface area contributed by atoms with Crippen molar-refractivity contribution in [3.63, 3.8) is 0 Å². The number of nitrogens with one attached hydrogen (secondary N) is 1. The largest absolute Gasteiger partial charge is 0.506 e. The molecule has 3 aromatic rings. The number of rotatable bonds is 4. The van der Waals surface area contributed by atoms with Crippen LogP contribution >= 0.6 is 0 Å². The molecule has 0 aliphatic heterocycles. The smallest absolute Gasteiger partial charge is 0.251 e. The Hall–Kier alpha value is -3.22. The number of hydrogen-bond acceptors (Lipinski definition) is 5. The van der Waals surface area contributed by atoms with Crippen molar-refractivity contribution >= 4 is 11.6 Å². The molecule has 0 saturated heterocycles. The molecular weight excluding hydrogens is 330 g/mol. The van der Waals surface area contributed by atoms with Crippen LogP contribution < -0.4 is 5.32 Å². The van der Waals surface area contributed by atoms with Crippen LogP contribution in [-0.4, -0.2) is 30.8 Å². The Labute approximate surface area is 151 Å². The summed E-state index contributed by atoms with van der Waals surface area (Å²) in [6, 6.07) is 8.53. The molecule has 3 rings (SSSR count). The number of phenols is 1. The maximum atomic E-state index is 12.4. The standard InChI is InChI=1S/C19H21N5O2/c1-11-9-12(2)21-19(20-11)24-14(4)15(13(3)23-24)10-18(26)22-16-7-5-6-8-17(16)25/h5-9,25H,10H2,1-4H3,(H,22,26). The van der Waals surface area contributed by atoms with E-state index in [1.807, 2.05) is 33.8 Å². The molecule has 0 aliphatic rings. The SMILES string of the molecule is Cc1cc(C)nc(-n2nc(C)c(CC(=O)Nc3ccccc3O)c2C)n1. The number of phenolic OH excluding ortho intramolecular Hbond substituents is 1. The first-order valence-electron chi connectivity index (χ1n) is 8.30. The quantitative estimate of drug-likeness (QED) is 0.705. The van der Waals surface area contributed by atoms with Crippen LogP contribution in [0.1, 0.15) is 28.3 Å². The second kappa shape index (κ2) is 6.95. The van der Waals surface area contributed by atoms with Gasteiger partial charge in [0.05, 0.1) is 17.8 Å². The van der Waals surface area contributed by atoms with Crippen LogP contribution in [0.4, 0.5) is 5.69 Å². The molecule has 0 spiro atoms. The zero-order valence-corrected chi connectivity index (χ0v) is 15.2. The third kappa shape index (κ3) is 3.56. The monoisotopic (exact) mass is 351 g/mol. The summed E-state index contributed by atoms with van der Waals surface area (Å²) < 4.78 is 1.66. The predicted octanol–water partition coefficient (Wildman–Crippen LogP) is 2.78. The maximum Gasteiger partial charge on any atom is 0.251 e. The summed E-state index contributed by atoms with van der Waals surface area (Å²) in [6.07, 6.45) is 0.150. The number of amides is 1. The fraction of sp³-hybridized carbons (Fsp3) is 0.263. The van der Waals surface area contributed by atoms with E-state index in [1.165, 1.54) is 6.07 Å². The average molecular weight is 351 g/mol. The van der Waals surface area contributed by atoms with Crippen LogP contribution in [0.2, 0.25) is 0 Å². The first-order chi connectivity index (χ1) is 12.3. The Kier molecular flexibility index (Phi) is 4.71. The lowest BCUT2D eigenvalue weighted by molar-refractivity contribution is -0.115. The van der Waals surface area contributed by atoms with Crippen molar-refractivity contribution in [2.75, 3.05) is 5.32 Å². The van der Waals surface area contributed by atoms with Gasteiger partial charge < -0.3 is 10.4 Å². The van der Waals surface area contributed by atoms with E-state index in [1.54, 1.807) is 22.9 Å². The van der Waals surface area contributed by atoms with Crippen LogP contribution in [0, 0.1) is 27.7 Å². The highest BCUT2D eigenvalue weighted by atomic mass is 16.3. The van der Waals surface area contributed by atoms with E-state index in [-0.39, 0.29) is 18.1 Å². The third-order valence-corrected chi connectivity index (χ3v) is 4.12. The Morgan fingerprint density at radius 3 is 2.42 bits per heavy atom. The number of anilines is 1. The Balaban J connectivity index is 1.86. The van der Waals surface area contributed by atoms with Gasteiger partial charge in [0.2, 0.25) is 5.91 Å². The van der Waals surface area contributed by atoms with E-state index >= 15 is 0 Å². The van der Waals surface area contributed by atoms with Crippen LogP contribution in [0.15, 0.2) is 30.3 Å². The zero-order chi connectivity index (χ0) is 18.8. The summed E-state index contributed by atoms with van der Waals surface area (Å²) in [5, 5.41) is 17.0. The lowest BCUT2D eigenvalue weighted by atomic mass is 10.1. The van der Waals surface area contributed by atoms with Gasteiger partial charge in [-0.05, 0) is 45.9 Å². The van der Waals surface area contributed by atoms with Crippen molar-refractivity contribution in [3.8, 4) is 11.7 Å². The average Bonchev–Trinajstić information content (AvgIpc) is 2.84. The fourth-order valence-corrected chi connectivity index (χ4v) is 2.86. The molecule has 7 nitrogen and oxygen atoms in total. The topological polar surface area (TPSA) is 92.9 Å². The number of aryl methyl sites for hydroxylation is 3. The number of nitrogens with zero attached hydrogens (tertiary/aromatic N) is 4. The third-order valence-electron chi connectivity index (χ3n) is 4.12. The van der Waals surface area contributed by atoms with Gasteiger partial charge in [-0.2, -0.15) is 5.10 Å². The van der Waals surface area contributed by atoms with Crippen molar-refractivity contribution < 1.29 is 9.90 Å². The second-order valence-corrected chi connectivity index (χ2v) is 6.25. The minimum atomic E-state index is -0.224. The van der Waals surface area contributed by atoms with Gasteiger partial charge in [-0.25, -0.2) is 14.6 Å². The van der Waals surface area contributed by atoms with Crippen molar-refractivity contribution in [1.82, 2.24) is 19.7 Å². The van der Waals surface area contributed by atoms with Crippen LogP contribution in [-0.2, 0) is 11.2 Å². The molecule has 0 saturated carbocycles. The van der Waals surface area contributed by atoms with Gasteiger partial charge in [-0.3, -0.25) is 4.79 Å². The summed E-state index contributed by atoms with van der Waals surface area (Å²) in [5.74, 6) is 0.308. The molecule has 0 unspecified atom stereocenters. The van der Waals surface area contributed by atoms with Gasteiger partial charge in [0.15, 0.2) is 0 Å². The molecule has 1 aromatic carbocycles. The minimum absolute atomic E-state index is 0.0358. The van der Waals surface area contributed by atoms with Gasteiger partial charge >= 0.3 is 0 Å². The predicted molar refractivity (Wildman–Crippen MR) is 98.5 cm³/mol. The highest BCUT2D eigenvalue weighted by Gasteiger charge is 2.18. The lowest BCUT2D eigenvalue weighted by Crippen LogP contribution is -2.15. The van der Waals surface area contributed by atoms with E-state index in [9.17, 15) is 9.90 Å². The molecule has 134 valence electrons. The van der Waals surface area contributed by atoms with E-state index < -0.39 is 0 Å². The first kappa shape index (κ1) is 17.6. The number of aromatic hydroxyl groups is 1. The lowest BCUT2D eigenvalue weighted by Gasteiger charge is -2.08. The fourth-order valence-electron chi connectivity index (χ4n) is 2.86. The summed E-state index contributed by atoms with van der Waals surface area (Å²) in [6.45, 7) is 7.56. The zero-order valence-electron chi connectivity index (χ0n) is 15.2. The molecule has 2 aromatic heterocycles. The number of carbonyl (C=O) groups is 1. The van der Waals surface area contributed by atoms with Gasteiger partial charge in [-0.1, -0.05) is 12.1 Å². The summed E-state index contributed by atoms with van der Waals surface area (Å²) >= 11 is 0. The number of carbonyl (C=O) groups excluding carboxylic acids is 1. The molecule has 0 fully saturated rings. The van der Waals surface area contributed by atoms with E-state index in [0.29, 0.717) is 11.6 Å². The van der Waals surface area contributed by atoms with Crippen molar-refractivity contribution in [1.29, 1.82) is 0 Å². The highest BCUT2D eigenvalue weighted by molar-refractivity contribution is 5.93. The Morgan fingerprint density at radius 1 is 1.12 bits per heavy atom. The summed E-state index contributed by atoms with van der Waals surface area (Å²) in [4.78, 5) is 21.3. The second-order valence-electron chi connectivity index (χ2n) is 6.25. The molecule has 0 atom stereocenters. The van der Waals surface area contributed by atoms with Crippen LogP contribution in [0.3, 0.4) is 0 Å². The number of para-hydroxylation sites is 2. The molecular formula is C19H21N5O2. The molecule has 2 heterocycles. The molecule has 0 bridgehead atoms. The van der Waals surface area contributed by atoms with Crippen molar-refractivity contribution in [2.24, 2.45) is 0 Å². The number of benzene rings is 1. The molecule has 0 radical (unpaired) electrons. The number of hydrogen-bond donors (Lipinski definition) is 2. The Bertz CT molecular complexity index is 958. The Morgan fingerprint density at radius 2 is 1.77 bits per heavy atom. The minimum Gasteiger partial charge on any atom is -0.506 e. The summed E-state index contributed by atoms with van der Waals surface area (Å²) in [5.41, 5.74) is 4.49. The van der Waals surface area contributed by atoms with Gasteiger partial charge in [0, 0.05) is 22.6 Å². The van der Waals surface area contributed by atoms with Crippen molar-refractivity contribution in [3.05, 3.63) is 58.7 Å². The summed E-state index contributed by atoms with van der Waals surface area (Å²) in [7, 11) is 0. The maximum absolute atomic E-state index is 12.4.